The van der Waals surface area contributed by atoms with Crippen LogP contribution in [0.25, 0.3) is 0 Å². The van der Waals surface area contributed by atoms with Gasteiger partial charge in [-0.15, -0.1) is 0 Å². The van der Waals surface area contributed by atoms with Crippen molar-refractivity contribution in [2.24, 2.45) is 23.6 Å². The van der Waals surface area contributed by atoms with Gasteiger partial charge in [0, 0.05) is 13.8 Å². The van der Waals surface area contributed by atoms with Crippen molar-refractivity contribution in [3.8, 4) is 5.75 Å². The first-order chi connectivity index (χ1) is 33.8. The first-order valence-electron chi connectivity index (χ1n) is 20.8. The van der Waals surface area contributed by atoms with Crippen molar-refractivity contribution in [2.45, 2.75) is 143 Å². The van der Waals surface area contributed by atoms with Gasteiger partial charge in [-0.3, -0.25) is 9.59 Å². The zero-order valence-electron chi connectivity index (χ0n) is 37.5. The van der Waals surface area contributed by atoms with Crippen LogP contribution < -0.4 is 39.0 Å². The molecule has 20 atom stereocenters. The second-order valence-electron chi connectivity index (χ2n) is 16.0. The van der Waals surface area contributed by atoms with Gasteiger partial charge in [-0.05, 0) is 19.1 Å². The van der Waals surface area contributed by atoms with Gasteiger partial charge in [0.1, 0.15) is 91.1 Å². The highest BCUT2D eigenvalue weighted by Gasteiger charge is 2.58. The van der Waals surface area contributed by atoms with Gasteiger partial charge in [-0.25, -0.2) is 18.0 Å². The van der Waals surface area contributed by atoms with E-state index in [9.17, 15) is 71.8 Å². The van der Waals surface area contributed by atoms with Crippen LogP contribution in [0, 0.1) is 6.92 Å². The molecular weight excluding hydrogens is 1030 g/mol. The number of rotatable bonds is 20. The second kappa shape index (κ2) is 25.0. The number of nitrogens with two attached hydrogens (primary N) is 4. The van der Waals surface area contributed by atoms with E-state index in [0.717, 1.165) is 19.4 Å². The number of ether oxygens (including phenoxy) is 8. The molecule has 1 aromatic rings. The summed E-state index contributed by atoms with van der Waals surface area (Å²) in [5.41, 5.74) is 0.813. The third-order valence-corrected chi connectivity index (χ3v) is 12.4. The molecule has 0 radical (unpaired) electrons. The molecule has 17 N–H and O–H groups in total. The highest BCUT2D eigenvalue weighted by Crippen LogP contribution is 2.36. The second-order valence-corrected chi connectivity index (χ2v) is 18.5. The summed E-state index contributed by atoms with van der Waals surface area (Å²) in [5, 5.41) is 83.4. The van der Waals surface area contributed by atoms with Crippen molar-refractivity contribution in [3.63, 3.8) is 0 Å². The Bertz CT molecular complexity index is 2240. The van der Waals surface area contributed by atoms with Crippen molar-refractivity contribution < 1.29 is 136 Å². The van der Waals surface area contributed by atoms with E-state index in [0.29, 0.717) is 0 Å². The van der Waals surface area contributed by atoms with Crippen LogP contribution in [0.2, 0.25) is 0 Å². The Hall–Kier alpha value is -4.08. The Labute approximate surface area is 406 Å². The molecule has 35 nitrogen and oxygen atoms in total. The Morgan fingerprint density at radius 1 is 0.542 bits per heavy atom. The normalized spacial score (nSPS) is 37.5. The smallest absolute Gasteiger partial charge is 0.415 e. The summed E-state index contributed by atoms with van der Waals surface area (Å²) in [6, 6.07) is 2.42. The number of aryl methyl sites for hydroxylation is 1. The number of hydrogen-bond donors (Lipinski definition) is 13. The minimum absolute atomic E-state index is 0.102. The van der Waals surface area contributed by atoms with Gasteiger partial charge < -0.3 is 93.9 Å². The molecule has 0 saturated carbocycles. The maximum Gasteiger partial charge on any atom is 0.415 e. The largest absolute Gasteiger partial charge is 0.462 e. The minimum atomic E-state index is -5.11. The number of amides is 2. The summed E-state index contributed by atoms with van der Waals surface area (Å²) in [6.07, 6.45) is -39.1. The van der Waals surface area contributed by atoms with Gasteiger partial charge in [0.05, 0.1) is 13.2 Å². The lowest BCUT2D eigenvalue weighted by Crippen LogP contribution is -2.70. The Morgan fingerprint density at radius 3 is 1.42 bits per heavy atom. The molecule has 4 aliphatic heterocycles. The maximum absolute atomic E-state index is 13.2. The van der Waals surface area contributed by atoms with Gasteiger partial charge in [-0.2, -0.15) is 49.0 Å². The molecule has 4 saturated heterocycles. The van der Waals surface area contributed by atoms with E-state index in [4.69, 9.17) is 59.8 Å². The summed E-state index contributed by atoms with van der Waals surface area (Å²) >= 11 is 0. The highest BCUT2D eigenvalue weighted by atomic mass is 32.3. The number of aliphatic hydroxyl groups is 7. The van der Waals surface area contributed by atoms with Gasteiger partial charge in [-0.1, -0.05) is 17.7 Å². The fourth-order valence-electron chi connectivity index (χ4n) is 7.57. The Balaban J connectivity index is 1.45. The SMILES string of the molecule is CC(=O)NC1C(O[C@@H]2C(C(=O)ON)O[C@@H](O[C@@H]3C(COS(=O)(=O)ON)O[C@@H](O[C@H]4C(C(=O)ON)O[C@@H](Oc5ccc(C)cc5)C(O)[C@@H]4O)C(NC(C)=O)[C@H]3O)C(O)[C@@H]2O)OC(COS(=O)(=O)ON)[C@@H](O)[C@@H]1O. The summed E-state index contributed by atoms with van der Waals surface area (Å²) in [5.74, 6) is 14.9. The molecule has 2 amide bonds. The third-order valence-electron chi connectivity index (χ3n) is 11.0. The van der Waals surface area contributed by atoms with Crippen LogP contribution in [0.1, 0.15) is 19.4 Å². The van der Waals surface area contributed by atoms with Crippen LogP contribution in [-0.2, 0) is 99.7 Å². The van der Waals surface area contributed by atoms with Crippen molar-refractivity contribution in [3.05, 3.63) is 29.8 Å². The summed E-state index contributed by atoms with van der Waals surface area (Å²) in [4.78, 5) is 59.5. The fourth-order valence-corrected chi connectivity index (χ4v) is 8.29. The first kappa shape index (κ1) is 58.8. The summed E-state index contributed by atoms with van der Waals surface area (Å²) in [6.45, 7) is 1.21. The van der Waals surface area contributed by atoms with Crippen molar-refractivity contribution in [2.75, 3.05) is 13.2 Å². The van der Waals surface area contributed by atoms with Crippen LogP contribution in [0.5, 0.6) is 5.75 Å². The maximum atomic E-state index is 13.2. The molecule has 0 bridgehead atoms. The highest BCUT2D eigenvalue weighted by molar-refractivity contribution is 7.82. The monoisotopic (exact) mass is 1090 g/mol. The van der Waals surface area contributed by atoms with Crippen molar-refractivity contribution in [1.29, 1.82) is 0 Å². The summed E-state index contributed by atoms with van der Waals surface area (Å²) < 4.78 is 110. The van der Waals surface area contributed by atoms with E-state index in [1.165, 1.54) is 12.1 Å². The first-order valence-corrected chi connectivity index (χ1v) is 23.4. The quantitative estimate of drug-likeness (QED) is 0.0539. The topological polar surface area (TPSA) is 536 Å². The molecule has 37 heteroatoms. The lowest BCUT2D eigenvalue weighted by Gasteiger charge is -2.49. The molecule has 410 valence electrons. The predicted molar refractivity (Wildman–Crippen MR) is 219 cm³/mol. The molecule has 72 heavy (non-hydrogen) atoms. The van der Waals surface area contributed by atoms with E-state index in [-0.39, 0.29) is 5.75 Å². The number of hydrogen-bond acceptors (Lipinski definition) is 33. The number of nitrogens with one attached hydrogen (secondary N) is 2. The molecule has 5 rings (SSSR count). The number of aliphatic hydroxyl groups excluding tert-OH is 7. The van der Waals surface area contributed by atoms with Gasteiger partial charge in [0.25, 0.3) is 0 Å². The van der Waals surface area contributed by atoms with Crippen LogP contribution in [0.4, 0.5) is 0 Å². The van der Waals surface area contributed by atoms with Crippen LogP contribution >= 0.6 is 0 Å². The van der Waals surface area contributed by atoms with Crippen molar-refractivity contribution >= 4 is 44.6 Å². The molecule has 0 spiro atoms. The molecule has 0 aromatic heterocycles. The Morgan fingerprint density at radius 2 is 0.958 bits per heavy atom. The van der Waals surface area contributed by atoms with Gasteiger partial charge in [0.15, 0.2) is 31.1 Å². The third kappa shape index (κ3) is 14.2. The zero-order chi connectivity index (χ0) is 53.6. The average molecular weight is 1090 g/mol. The molecule has 0 aliphatic carbocycles. The molecule has 4 fully saturated rings. The standard InChI is InChI=1S/C35H54N6O29S2/c1-10-4-6-13(7-5-10)59-34-23(49)21(47)26(28(65-34)30(51)67-36)64-33-17(41-12(3)43)20(46)25(15(61-33)9-58-72(55,56)70-39)62-35-24(50)22(48)27(29(66-35)31(52)68-37)63-32-16(40-11(2)42)19(45)18(44)14(60-32)8-57-71(53,54)69-38/h4-7,14-29,32-35,44-50H,8-9,36-39H2,1-3H3,(H,40,42)(H,41,43)/t14?,15?,16?,17?,18-,19-,20-,21+,22+,23?,24?,25-,26-,27+,28?,29?,32?,33+,34-,35-/m1/s1. The fraction of sp³-hybridized carbons (Fsp3) is 0.714. The average Bonchev–Trinajstić information content (AvgIpc) is 3.33. The molecular formula is C35H54N6O29S2. The Kier molecular flexibility index (Phi) is 20.4. The predicted octanol–water partition coefficient (Wildman–Crippen LogP) is -9.90. The summed E-state index contributed by atoms with van der Waals surface area (Å²) in [7, 11) is -10.0. The number of carbonyl (C=O) groups is 4. The van der Waals surface area contributed by atoms with Crippen LogP contribution in [0.3, 0.4) is 0 Å². The lowest BCUT2D eigenvalue weighted by molar-refractivity contribution is -0.369. The van der Waals surface area contributed by atoms with E-state index in [2.05, 4.69) is 39.0 Å². The van der Waals surface area contributed by atoms with E-state index < -0.39 is 180 Å². The molecule has 1 aromatic carbocycles. The number of benzene rings is 1. The zero-order valence-corrected chi connectivity index (χ0v) is 39.1. The van der Waals surface area contributed by atoms with Gasteiger partial charge >= 0.3 is 32.7 Å². The van der Waals surface area contributed by atoms with Crippen LogP contribution in [0.15, 0.2) is 24.3 Å². The van der Waals surface area contributed by atoms with Crippen LogP contribution in [-0.4, -0.2) is 212 Å². The van der Waals surface area contributed by atoms with E-state index >= 15 is 0 Å². The number of carbonyl (C=O) groups excluding carboxylic acids is 4. The van der Waals surface area contributed by atoms with E-state index in [1.807, 2.05) is 0 Å². The van der Waals surface area contributed by atoms with Gasteiger partial charge in [0.2, 0.25) is 18.1 Å². The molecule has 4 aliphatic rings. The van der Waals surface area contributed by atoms with E-state index in [1.54, 1.807) is 19.1 Å². The lowest BCUT2D eigenvalue weighted by atomic mass is 9.94. The van der Waals surface area contributed by atoms with Crippen molar-refractivity contribution in [1.82, 2.24) is 10.6 Å². The molecule has 4 heterocycles. The molecule has 9 unspecified atom stereocenters. The minimum Gasteiger partial charge on any atom is -0.462 e.